The Bertz CT molecular complexity index is 1030. The lowest BCUT2D eigenvalue weighted by atomic mass is 10.2. The summed E-state index contributed by atoms with van der Waals surface area (Å²) in [5, 5.41) is 3.90. The number of carbonyl (C=O) groups is 1. The standard InChI is InChI=1S/C21H20N2O4S/c24-21(22-14-12-20-7-4-15-27-20)18-8-10-19(11-9-18)23-28(25,26)16-13-17-5-2-1-3-6-17/h1-11,13,15-16,23H,12,14H2,(H,22,24)/b16-13+. The van der Waals surface area contributed by atoms with Crippen molar-refractivity contribution >= 4 is 27.7 Å². The van der Waals surface area contributed by atoms with Crippen LogP contribution in [0.2, 0.25) is 0 Å². The molecule has 0 fully saturated rings. The van der Waals surface area contributed by atoms with Gasteiger partial charge in [0.2, 0.25) is 0 Å². The first-order valence-electron chi connectivity index (χ1n) is 8.68. The average molecular weight is 396 g/mol. The van der Waals surface area contributed by atoms with Crippen LogP contribution in [0.25, 0.3) is 6.08 Å². The number of benzene rings is 2. The van der Waals surface area contributed by atoms with E-state index in [-0.39, 0.29) is 5.91 Å². The highest BCUT2D eigenvalue weighted by Crippen LogP contribution is 2.13. The number of anilines is 1. The lowest BCUT2D eigenvalue weighted by Crippen LogP contribution is -2.25. The molecular weight excluding hydrogens is 376 g/mol. The number of sulfonamides is 1. The predicted molar refractivity (Wildman–Crippen MR) is 109 cm³/mol. The van der Waals surface area contributed by atoms with Crippen molar-refractivity contribution in [2.24, 2.45) is 0 Å². The van der Waals surface area contributed by atoms with Gasteiger partial charge in [-0.2, -0.15) is 0 Å². The van der Waals surface area contributed by atoms with E-state index in [1.165, 1.54) is 6.08 Å². The summed E-state index contributed by atoms with van der Waals surface area (Å²) in [7, 11) is -3.65. The van der Waals surface area contributed by atoms with Crippen molar-refractivity contribution in [3.63, 3.8) is 0 Å². The molecule has 0 aliphatic rings. The minimum Gasteiger partial charge on any atom is -0.469 e. The van der Waals surface area contributed by atoms with Crippen molar-refractivity contribution in [2.75, 3.05) is 11.3 Å². The normalized spacial score (nSPS) is 11.4. The molecule has 0 aliphatic heterocycles. The van der Waals surface area contributed by atoms with Crippen LogP contribution in [0.1, 0.15) is 21.7 Å². The smallest absolute Gasteiger partial charge is 0.255 e. The fourth-order valence-corrected chi connectivity index (χ4v) is 3.35. The van der Waals surface area contributed by atoms with Crippen molar-refractivity contribution in [1.82, 2.24) is 5.32 Å². The Morgan fingerprint density at radius 3 is 2.39 bits per heavy atom. The van der Waals surface area contributed by atoms with Crippen molar-refractivity contribution in [1.29, 1.82) is 0 Å². The van der Waals surface area contributed by atoms with E-state index in [2.05, 4.69) is 10.0 Å². The number of hydrogen-bond acceptors (Lipinski definition) is 4. The quantitative estimate of drug-likeness (QED) is 0.608. The molecule has 0 aliphatic carbocycles. The van der Waals surface area contributed by atoms with Gasteiger partial charge in [0.15, 0.2) is 0 Å². The summed E-state index contributed by atoms with van der Waals surface area (Å²) >= 11 is 0. The number of hydrogen-bond donors (Lipinski definition) is 2. The van der Waals surface area contributed by atoms with Crippen LogP contribution < -0.4 is 10.0 Å². The highest BCUT2D eigenvalue weighted by molar-refractivity contribution is 7.95. The Labute approximate surface area is 163 Å². The molecule has 6 nitrogen and oxygen atoms in total. The highest BCUT2D eigenvalue weighted by Gasteiger charge is 2.08. The lowest BCUT2D eigenvalue weighted by molar-refractivity contribution is 0.0953. The fraction of sp³-hybridized carbons (Fsp3) is 0.0952. The Kier molecular flexibility index (Phi) is 6.29. The zero-order valence-corrected chi connectivity index (χ0v) is 15.9. The largest absolute Gasteiger partial charge is 0.469 e. The van der Waals surface area contributed by atoms with Gasteiger partial charge in [-0.05, 0) is 48.0 Å². The second-order valence-electron chi connectivity index (χ2n) is 6.02. The van der Waals surface area contributed by atoms with Gasteiger partial charge >= 0.3 is 0 Å². The predicted octanol–water partition coefficient (Wildman–Crippen LogP) is 3.66. The first-order valence-corrected chi connectivity index (χ1v) is 10.2. The summed E-state index contributed by atoms with van der Waals surface area (Å²) in [6.07, 6.45) is 3.71. The number of amides is 1. The molecule has 7 heteroatoms. The van der Waals surface area contributed by atoms with E-state index in [4.69, 9.17) is 4.42 Å². The second-order valence-corrected chi connectivity index (χ2v) is 7.59. The van der Waals surface area contributed by atoms with Crippen LogP contribution in [0.5, 0.6) is 0 Å². The second kappa shape index (κ2) is 9.05. The molecular formula is C21H20N2O4S. The summed E-state index contributed by atoms with van der Waals surface area (Å²) in [4.78, 5) is 12.1. The monoisotopic (exact) mass is 396 g/mol. The van der Waals surface area contributed by atoms with Crippen LogP contribution in [-0.4, -0.2) is 20.9 Å². The first kappa shape index (κ1) is 19.4. The molecule has 144 valence electrons. The molecule has 0 spiro atoms. The van der Waals surface area contributed by atoms with Crippen LogP contribution in [-0.2, 0) is 16.4 Å². The zero-order chi connectivity index (χ0) is 19.8. The summed E-state index contributed by atoms with van der Waals surface area (Å²) in [6, 6.07) is 19.0. The van der Waals surface area contributed by atoms with Gasteiger partial charge in [0, 0.05) is 24.2 Å². The molecule has 0 atom stereocenters. The Morgan fingerprint density at radius 1 is 0.964 bits per heavy atom. The molecule has 1 heterocycles. The van der Waals surface area contributed by atoms with Crippen molar-refractivity contribution in [2.45, 2.75) is 6.42 Å². The number of furan rings is 1. The third-order valence-corrected chi connectivity index (χ3v) is 4.90. The van der Waals surface area contributed by atoms with Crippen molar-refractivity contribution < 1.29 is 17.6 Å². The molecule has 0 saturated heterocycles. The van der Waals surface area contributed by atoms with E-state index < -0.39 is 10.0 Å². The van der Waals surface area contributed by atoms with E-state index in [0.29, 0.717) is 24.2 Å². The van der Waals surface area contributed by atoms with Crippen LogP contribution in [0.4, 0.5) is 5.69 Å². The summed E-state index contributed by atoms with van der Waals surface area (Å²) < 4.78 is 32.0. The number of rotatable bonds is 8. The van der Waals surface area contributed by atoms with Gasteiger partial charge in [-0.1, -0.05) is 30.3 Å². The first-order chi connectivity index (χ1) is 13.5. The van der Waals surface area contributed by atoms with Gasteiger partial charge < -0.3 is 9.73 Å². The molecule has 3 aromatic rings. The Balaban J connectivity index is 1.54. The van der Waals surface area contributed by atoms with E-state index in [0.717, 1.165) is 16.7 Å². The van der Waals surface area contributed by atoms with Gasteiger partial charge in [-0.3, -0.25) is 9.52 Å². The molecule has 2 N–H and O–H groups in total. The highest BCUT2D eigenvalue weighted by atomic mass is 32.2. The minimum absolute atomic E-state index is 0.232. The van der Waals surface area contributed by atoms with Gasteiger partial charge in [-0.15, -0.1) is 0 Å². The molecule has 0 unspecified atom stereocenters. The maximum Gasteiger partial charge on any atom is 0.255 e. The van der Waals surface area contributed by atoms with Crippen molar-refractivity contribution in [3.05, 3.63) is 95.3 Å². The molecule has 0 radical (unpaired) electrons. The SMILES string of the molecule is O=C(NCCc1ccco1)c1ccc(NS(=O)(=O)/C=C/c2ccccc2)cc1. The third kappa shape index (κ3) is 5.85. The number of nitrogens with one attached hydrogen (secondary N) is 2. The van der Waals surface area contributed by atoms with Gasteiger partial charge in [0.1, 0.15) is 5.76 Å². The average Bonchev–Trinajstić information content (AvgIpc) is 3.21. The van der Waals surface area contributed by atoms with Crippen LogP contribution in [0, 0.1) is 0 Å². The number of carbonyl (C=O) groups excluding carboxylic acids is 1. The fourth-order valence-electron chi connectivity index (χ4n) is 2.48. The lowest BCUT2D eigenvalue weighted by Gasteiger charge is -2.07. The van der Waals surface area contributed by atoms with Crippen molar-refractivity contribution in [3.8, 4) is 0 Å². The van der Waals surface area contributed by atoms with Crippen LogP contribution in [0.15, 0.2) is 82.8 Å². The maximum absolute atomic E-state index is 12.2. The molecule has 2 aromatic carbocycles. The molecule has 1 aromatic heterocycles. The van der Waals surface area contributed by atoms with Crippen LogP contribution >= 0.6 is 0 Å². The summed E-state index contributed by atoms with van der Waals surface area (Å²) in [6.45, 7) is 0.449. The van der Waals surface area contributed by atoms with E-state index in [9.17, 15) is 13.2 Å². The van der Waals surface area contributed by atoms with Gasteiger partial charge in [-0.25, -0.2) is 8.42 Å². The molecule has 0 saturated carbocycles. The van der Waals surface area contributed by atoms with E-state index in [1.807, 2.05) is 36.4 Å². The molecule has 3 rings (SSSR count). The van der Waals surface area contributed by atoms with Gasteiger partial charge in [0.25, 0.3) is 15.9 Å². The Morgan fingerprint density at radius 2 is 1.71 bits per heavy atom. The molecule has 28 heavy (non-hydrogen) atoms. The molecule has 0 bridgehead atoms. The molecule has 1 amide bonds. The maximum atomic E-state index is 12.2. The van der Waals surface area contributed by atoms with Gasteiger partial charge in [0.05, 0.1) is 11.7 Å². The Hall–Kier alpha value is -3.32. The van der Waals surface area contributed by atoms with Crippen LogP contribution in [0.3, 0.4) is 0 Å². The summed E-state index contributed by atoms with van der Waals surface area (Å²) in [5.41, 5.74) is 1.61. The topological polar surface area (TPSA) is 88.4 Å². The minimum atomic E-state index is -3.65. The summed E-state index contributed by atoms with van der Waals surface area (Å²) in [5.74, 6) is 0.568. The van der Waals surface area contributed by atoms with E-state index in [1.54, 1.807) is 36.6 Å². The third-order valence-electron chi connectivity index (χ3n) is 3.88. The van der Waals surface area contributed by atoms with E-state index >= 15 is 0 Å². The zero-order valence-electron chi connectivity index (χ0n) is 15.0.